The molecule has 0 spiro atoms. The van der Waals surface area contributed by atoms with Gasteiger partial charge < -0.3 is 0 Å². The molecule has 0 saturated heterocycles. The van der Waals surface area contributed by atoms with Gasteiger partial charge in [-0.1, -0.05) is 93.5 Å². The van der Waals surface area contributed by atoms with Crippen molar-refractivity contribution in [2.75, 3.05) is 5.33 Å². The van der Waals surface area contributed by atoms with E-state index in [0.29, 0.717) is 0 Å². The molecule has 0 aromatic heterocycles. The summed E-state index contributed by atoms with van der Waals surface area (Å²) >= 11 is 3.63. The molecule has 136 valence electrons. The summed E-state index contributed by atoms with van der Waals surface area (Å²) < 4.78 is 0. The third kappa shape index (κ3) is 6.71. The first-order valence-corrected chi connectivity index (χ1v) is 12.0. The number of unbranched alkanes of at least 4 members (excludes halogenated alkanes) is 2. The Morgan fingerprint density at radius 2 is 1.39 bits per heavy atom. The second-order valence-electron chi connectivity index (χ2n) is 8.69. The van der Waals surface area contributed by atoms with Crippen LogP contribution in [0.3, 0.4) is 0 Å². The van der Waals surface area contributed by atoms with E-state index in [2.05, 4.69) is 22.9 Å². The van der Waals surface area contributed by atoms with E-state index < -0.39 is 0 Å². The molecule has 23 heavy (non-hydrogen) atoms. The molecule has 0 bridgehead atoms. The molecular weight excluding hydrogens is 344 g/mol. The molecule has 2 atom stereocenters. The molecule has 0 nitrogen and oxygen atoms in total. The Bertz CT molecular complexity index is 292. The van der Waals surface area contributed by atoms with Crippen molar-refractivity contribution in [1.82, 2.24) is 0 Å². The summed E-state index contributed by atoms with van der Waals surface area (Å²) in [7, 11) is 0. The van der Waals surface area contributed by atoms with E-state index in [0.717, 1.165) is 17.3 Å². The molecule has 2 rings (SSSR count). The van der Waals surface area contributed by atoms with Gasteiger partial charge in [-0.25, -0.2) is 0 Å². The van der Waals surface area contributed by atoms with Crippen LogP contribution in [-0.2, 0) is 0 Å². The summed E-state index contributed by atoms with van der Waals surface area (Å²) in [5.41, 5.74) is 0.720. The number of hydrogen-bond donors (Lipinski definition) is 0. The lowest BCUT2D eigenvalue weighted by Gasteiger charge is -2.34. The van der Waals surface area contributed by atoms with Crippen molar-refractivity contribution in [2.24, 2.45) is 17.3 Å². The zero-order valence-corrected chi connectivity index (χ0v) is 17.3. The molecule has 0 N–H and O–H groups in total. The van der Waals surface area contributed by atoms with E-state index in [4.69, 9.17) is 0 Å². The number of rotatable bonds is 8. The highest BCUT2D eigenvalue weighted by Gasteiger charge is 2.34. The largest absolute Gasteiger partial charge is 0.0928 e. The molecular formula is C22H41Br. The molecule has 0 amide bonds. The van der Waals surface area contributed by atoms with Crippen LogP contribution in [0.15, 0.2) is 0 Å². The van der Waals surface area contributed by atoms with Gasteiger partial charge in [-0.05, 0) is 55.8 Å². The van der Waals surface area contributed by atoms with Gasteiger partial charge in [0.2, 0.25) is 0 Å². The predicted molar refractivity (Wildman–Crippen MR) is 107 cm³/mol. The van der Waals surface area contributed by atoms with Crippen molar-refractivity contribution in [3.63, 3.8) is 0 Å². The van der Waals surface area contributed by atoms with E-state index in [1.165, 1.54) is 76.0 Å². The van der Waals surface area contributed by atoms with Gasteiger partial charge in [0.1, 0.15) is 0 Å². The maximum atomic E-state index is 3.63. The van der Waals surface area contributed by atoms with Gasteiger partial charge in [0, 0.05) is 5.33 Å². The second-order valence-corrected chi connectivity index (χ2v) is 9.49. The third-order valence-electron chi connectivity index (χ3n) is 7.05. The molecule has 2 unspecified atom stereocenters. The van der Waals surface area contributed by atoms with Crippen LogP contribution in [0.5, 0.6) is 0 Å². The zero-order valence-electron chi connectivity index (χ0n) is 15.8. The molecule has 1 heteroatoms. The first kappa shape index (κ1) is 19.8. The smallest absolute Gasteiger partial charge is 0.00313 e. The van der Waals surface area contributed by atoms with Crippen LogP contribution in [-0.4, -0.2) is 5.33 Å². The Hall–Kier alpha value is 0.480. The maximum Gasteiger partial charge on any atom is 0.00313 e. The van der Waals surface area contributed by atoms with Gasteiger partial charge >= 0.3 is 0 Å². The molecule has 0 aliphatic heterocycles. The van der Waals surface area contributed by atoms with Crippen molar-refractivity contribution in [2.45, 2.75) is 116 Å². The van der Waals surface area contributed by atoms with Crippen molar-refractivity contribution in [3.8, 4) is 0 Å². The van der Waals surface area contributed by atoms with Crippen LogP contribution in [0.4, 0.5) is 0 Å². The van der Waals surface area contributed by atoms with E-state index in [1.807, 2.05) is 0 Å². The zero-order chi connectivity index (χ0) is 16.4. The van der Waals surface area contributed by atoms with Crippen molar-refractivity contribution in [1.29, 1.82) is 0 Å². The Morgan fingerprint density at radius 1 is 0.739 bits per heavy atom. The van der Waals surface area contributed by atoms with Crippen LogP contribution in [0, 0.1) is 17.3 Å². The summed E-state index contributed by atoms with van der Waals surface area (Å²) in [6.07, 6.45) is 25.6. The van der Waals surface area contributed by atoms with Gasteiger partial charge in [-0.3, -0.25) is 0 Å². The highest BCUT2D eigenvalue weighted by atomic mass is 79.9. The van der Waals surface area contributed by atoms with Gasteiger partial charge in [-0.2, -0.15) is 0 Å². The van der Waals surface area contributed by atoms with E-state index in [1.54, 1.807) is 38.5 Å². The van der Waals surface area contributed by atoms with Crippen LogP contribution in [0.2, 0.25) is 0 Å². The highest BCUT2D eigenvalue weighted by molar-refractivity contribution is 9.09. The lowest BCUT2D eigenvalue weighted by molar-refractivity contribution is 0.182. The quantitative estimate of drug-likeness (QED) is 0.224. The second kappa shape index (κ2) is 11.2. The average molecular weight is 385 g/mol. The molecule has 2 saturated carbocycles. The summed E-state index contributed by atoms with van der Waals surface area (Å²) in [6.45, 7) is 2.37. The minimum atomic E-state index is 0.720. The van der Waals surface area contributed by atoms with Crippen LogP contribution >= 0.6 is 15.9 Å². The van der Waals surface area contributed by atoms with Crippen LogP contribution in [0.25, 0.3) is 0 Å². The highest BCUT2D eigenvalue weighted by Crippen LogP contribution is 2.47. The van der Waals surface area contributed by atoms with Crippen molar-refractivity contribution >= 4 is 15.9 Å². The van der Waals surface area contributed by atoms with Gasteiger partial charge in [0.25, 0.3) is 0 Å². The van der Waals surface area contributed by atoms with Crippen LogP contribution in [0.1, 0.15) is 116 Å². The molecule has 0 radical (unpaired) electrons. The predicted octanol–water partition coefficient (Wildman–Crippen LogP) is 8.28. The first-order valence-electron chi connectivity index (χ1n) is 10.9. The standard InChI is InChI=1S/C22H41Br/c1-2-3-15-22(16-8-9-19-23)17-10-13-21(14-18-22)20-11-6-4-5-7-12-20/h20-21H,2-19H2,1H3. The molecule has 2 aliphatic rings. The van der Waals surface area contributed by atoms with E-state index >= 15 is 0 Å². The molecule has 0 heterocycles. The van der Waals surface area contributed by atoms with Crippen LogP contribution < -0.4 is 0 Å². The van der Waals surface area contributed by atoms with Gasteiger partial charge in [-0.15, -0.1) is 0 Å². The Morgan fingerprint density at radius 3 is 2.09 bits per heavy atom. The summed E-state index contributed by atoms with van der Waals surface area (Å²) in [5.74, 6) is 2.16. The number of alkyl halides is 1. The van der Waals surface area contributed by atoms with Gasteiger partial charge in [0.05, 0.1) is 0 Å². The third-order valence-corrected chi connectivity index (χ3v) is 7.61. The maximum absolute atomic E-state index is 3.63. The fraction of sp³-hybridized carbons (Fsp3) is 1.00. The minimum absolute atomic E-state index is 0.720. The lowest BCUT2D eigenvalue weighted by atomic mass is 9.72. The summed E-state index contributed by atoms with van der Waals surface area (Å²) in [6, 6.07) is 0. The molecule has 2 fully saturated rings. The average Bonchev–Trinajstić information content (AvgIpc) is 2.95. The summed E-state index contributed by atoms with van der Waals surface area (Å²) in [4.78, 5) is 0. The Balaban J connectivity index is 1.91. The topological polar surface area (TPSA) is 0 Å². The van der Waals surface area contributed by atoms with E-state index in [-0.39, 0.29) is 0 Å². The molecule has 2 aliphatic carbocycles. The fourth-order valence-corrected chi connectivity index (χ4v) is 5.92. The number of halogens is 1. The minimum Gasteiger partial charge on any atom is -0.0928 e. The Labute approximate surface area is 154 Å². The summed E-state index contributed by atoms with van der Waals surface area (Å²) in [5, 5.41) is 1.20. The Kier molecular flexibility index (Phi) is 9.61. The van der Waals surface area contributed by atoms with Crippen molar-refractivity contribution in [3.05, 3.63) is 0 Å². The normalized spacial score (nSPS) is 30.8. The van der Waals surface area contributed by atoms with Gasteiger partial charge in [0.15, 0.2) is 0 Å². The number of hydrogen-bond acceptors (Lipinski definition) is 0. The fourth-order valence-electron chi connectivity index (χ4n) is 5.53. The first-order chi connectivity index (χ1) is 11.3. The molecule has 0 aromatic carbocycles. The molecule has 0 aromatic rings. The lowest BCUT2D eigenvalue weighted by Crippen LogP contribution is -2.21. The van der Waals surface area contributed by atoms with E-state index in [9.17, 15) is 0 Å². The monoisotopic (exact) mass is 384 g/mol. The van der Waals surface area contributed by atoms with Crippen molar-refractivity contribution < 1.29 is 0 Å². The SMILES string of the molecule is CCCCC1(CCCCBr)CCCC(C2CCCCCC2)CC1.